The minimum absolute atomic E-state index is 0.220. The van der Waals surface area contributed by atoms with Gasteiger partial charge in [0.25, 0.3) is 0 Å². The van der Waals surface area contributed by atoms with E-state index in [1.807, 2.05) is 0 Å². The Balaban J connectivity index is 2.07. The number of ether oxygens (including phenoxy) is 4. The second kappa shape index (κ2) is 13.2. The zero-order valence-corrected chi connectivity index (χ0v) is 25.0. The molecule has 0 aliphatic carbocycles. The maximum absolute atomic E-state index is 12.2. The van der Waals surface area contributed by atoms with Gasteiger partial charge in [-0.3, -0.25) is 4.68 Å². The number of esters is 1. The molecule has 0 fully saturated rings. The third-order valence-electron chi connectivity index (χ3n) is 4.92. The number of aliphatic hydroxyl groups is 1. The Morgan fingerprint density at radius 2 is 1.40 bits per heavy atom. The van der Waals surface area contributed by atoms with Gasteiger partial charge in [0.2, 0.25) is 0 Å². The van der Waals surface area contributed by atoms with Gasteiger partial charge in [0.1, 0.15) is 29.2 Å². The summed E-state index contributed by atoms with van der Waals surface area (Å²) < 4.78 is 23.1. The Morgan fingerprint density at radius 3 is 1.90 bits per heavy atom. The molecule has 12 nitrogen and oxygen atoms in total. The SMILES string of the molecule is CC(C)(C)OC(=O)NCC(CNC(=O)OC(C)(C)C)Cn1cc2cc(OCC(O)C(=O)OC(C)(C)C)ccc2n1. The average Bonchev–Trinajstić information content (AvgIpc) is 3.17. The first kappa shape index (κ1) is 32.7. The summed E-state index contributed by atoms with van der Waals surface area (Å²) in [6, 6.07) is 5.19. The van der Waals surface area contributed by atoms with Crippen molar-refractivity contribution in [1.82, 2.24) is 20.4 Å². The lowest BCUT2D eigenvalue weighted by Crippen LogP contribution is -2.41. The van der Waals surface area contributed by atoms with E-state index >= 15 is 0 Å². The standard InChI is InChI=1S/C28H44N4O8/c1-26(2,3)38-23(34)22(33)17-37-20-10-11-21-19(12-20)16-32(31-21)15-18(13-29-24(35)39-27(4,5)6)14-30-25(36)40-28(7,8)9/h10-12,16,18,22,33H,13-15,17H2,1-9H3,(H,29,35)(H,30,36). The summed E-state index contributed by atoms with van der Waals surface area (Å²) >= 11 is 0. The van der Waals surface area contributed by atoms with E-state index in [-0.39, 0.29) is 25.6 Å². The molecule has 0 radical (unpaired) electrons. The molecule has 1 aromatic heterocycles. The summed E-state index contributed by atoms with van der Waals surface area (Å²) in [6.07, 6.45) is -0.736. The van der Waals surface area contributed by atoms with Gasteiger partial charge in [-0.25, -0.2) is 14.4 Å². The number of alkyl carbamates (subject to hydrolysis) is 2. The fourth-order valence-electron chi connectivity index (χ4n) is 3.40. The number of nitrogens with zero attached hydrogens (tertiary/aromatic N) is 2. The molecule has 40 heavy (non-hydrogen) atoms. The third kappa shape index (κ3) is 12.5. The van der Waals surface area contributed by atoms with E-state index in [1.54, 1.807) is 91.4 Å². The van der Waals surface area contributed by atoms with Crippen LogP contribution in [-0.4, -0.2) is 75.6 Å². The largest absolute Gasteiger partial charge is 0.490 e. The molecule has 0 saturated heterocycles. The number of fused-ring (bicyclic) bond motifs is 1. The second-order valence-electron chi connectivity index (χ2n) is 12.6. The highest BCUT2D eigenvalue weighted by molar-refractivity contribution is 5.79. The van der Waals surface area contributed by atoms with Crippen LogP contribution in [0.25, 0.3) is 10.9 Å². The summed E-state index contributed by atoms with van der Waals surface area (Å²) in [5.74, 6) is -0.550. The van der Waals surface area contributed by atoms with Crippen LogP contribution in [0, 0.1) is 5.92 Å². The monoisotopic (exact) mass is 564 g/mol. The van der Waals surface area contributed by atoms with Crippen LogP contribution in [-0.2, 0) is 25.5 Å². The van der Waals surface area contributed by atoms with E-state index in [0.717, 1.165) is 5.39 Å². The highest BCUT2D eigenvalue weighted by Gasteiger charge is 2.24. The number of aliphatic hydroxyl groups excluding tert-OH is 1. The van der Waals surface area contributed by atoms with Crippen molar-refractivity contribution in [2.75, 3.05) is 19.7 Å². The number of amides is 2. The minimum Gasteiger partial charge on any atom is -0.490 e. The summed E-state index contributed by atoms with van der Waals surface area (Å²) in [6.45, 7) is 16.4. The number of hydrogen-bond acceptors (Lipinski definition) is 9. The van der Waals surface area contributed by atoms with Crippen molar-refractivity contribution in [2.24, 2.45) is 5.92 Å². The molecule has 1 unspecified atom stereocenters. The number of carbonyl (C=O) groups excluding carboxylic acids is 3. The minimum atomic E-state index is -1.42. The van der Waals surface area contributed by atoms with E-state index in [1.165, 1.54) is 0 Å². The highest BCUT2D eigenvalue weighted by atomic mass is 16.6. The molecule has 2 amide bonds. The van der Waals surface area contributed by atoms with Crippen LogP contribution >= 0.6 is 0 Å². The van der Waals surface area contributed by atoms with E-state index in [2.05, 4.69) is 15.7 Å². The number of benzene rings is 1. The predicted octanol–water partition coefficient (Wildman–Crippen LogP) is 3.78. The molecule has 0 saturated carbocycles. The van der Waals surface area contributed by atoms with E-state index < -0.39 is 41.1 Å². The van der Waals surface area contributed by atoms with Gasteiger partial charge in [0.15, 0.2) is 6.10 Å². The van der Waals surface area contributed by atoms with E-state index in [4.69, 9.17) is 18.9 Å². The molecule has 2 rings (SSSR count). The molecule has 12 heteroatoms. The van der Waals surface area contributed by atoms with Crippen LogP contribution < -0.4 is 15.4 Å². The maximum Gasteiger partial charge on any atom is 0.407 e. The van der Waals surface area contributed by atoms with Crippen molar-refractivity contribution in [1.29, 1.82) is 0 Å². The summed E-state index contributed by atoms with van der Waals surface area (Å²) in [4.78, 5) is 36.4. The maximum atomic E-state index is 12.2. The van der Waals surface area contributed by atoms with Crippen molar-refractivity contribution in [3.63, 3.8) is 0 Å². The van der Waals surface area contributed by atoms with Crippen molar-refractivity contribution in [3.05, 3.63) is 24.4 Å². The van der Waals surface area contributed by atoms with Crippen LogP contribution in [0.2, 0.25) is 0 Å². The number of hydrogen-bond donors (Lipinski definition) is 3. The smallest absolute Gasteiger partial charge is 0.407 e. The third-order valence-corrected chi connectivity index (χ3v) is 4.92. The fraction of sp³-hybridized carbons (Fsp3) is 0.643. The first-order valence-corrected chi connectivity index (χ1v) is 13.2. The second-order valence-corrected chi connectivity index (χ2v) is 12.6. The Morgan fingerprint density at radius 1 is 0.875 bits per heavy atom. The van der Waals surface area contributed by atoms with Crippen molar-refractivity contribution in [3.8, 4) is 5.75 Å². The van der Waals surface area contributed by atoms with Crippen molar-refractivity contribution in [2.45, 2.75) is 91.8 Å². The topological polar surface area (TPSA) is 150 Å². The normalized spacial score (nSPS) is 13.1. The van der Waals surface area contributed by atoms with Gasteiger partial charge < -0.3 is 34.7 Å². The average molecular weight is 565 g/mol. The van der Waals surface area contributed by atoms with E-state index in [0.29, 0.717) is 17.8 Å². The molecular weight excluding hydrogens is 520 g/mol. The molecule has 1 aromatic carbocycles. The fourth-order valence-corrected chi connectivity index (χ4v) is 3.40. The molecular formula is C28H44N4O8. The molecule has 0 bridgehead atoms. The van der Waals surface area contributed by atoms with Crippen LogP contribution in [0.15, 0.2) is 24.4 Å². The number of aromatic nitrogens is 2. The zero-order chi connectivity index (χ0) is 30.3. The molecule has 0 aliphatic heterocycles. The lowest BCUT2D eigenvalue weighted by molar-refractivity contribution is -0.166. The lowest BCUT2D eigenvalue weighted by atomic mass is 10.1. The first-order chi connectivity index (χ1) is 18.3. The predicted molar refractivity (Wildman–Crippen MR) is 149 cm³/mol. The summed E-state index contributed by atoms with van der Waals surface area (Å²) in [5, 5.41) is 20.9. The van der Waals surface area contributed by atoms with Crippen molar-refractivity contribution < 1.29 is 38.4 Å². The van der Waals surface area contributed by atoms with Crippen molar-refractivity contribution >= 4 is 29.1 Å². The summed E-state index contributed by atoms with van der Waals surface area (Å²) in [7, 11) is 0. The number of carbonyl (C=O) groups is 3. The van der Waals surface area contributed by atoms with Gasteiger partial charge in [-0.2, -0.15) is 5.10 Å². The van der Waals surface area contributed by atoms with E-state index in [9.17, 15) is 19.5 Å². The molecule has 0 aliphatic rings. The molecule has 3 N–H and O–H groups in total. The van der Waals surface area contributed by atoms with Crippen LogP contribution in [0.4, 0.5) is 9.59 Å². The van der Waals surface area contributed by atoms with Gasteiger partial charge in [-0.15, -0.1) is 0 Å². The Labute approximate surface area is 235 Å². The Kier molecular flexibility index (Phi) is 10.8. The van der Waals surface area contributed by atoms with Crippen LogP contribution in [0.5, 0.6) is 5.75 Å². The summed E-state index contributed by atoms with van der Waals surface area (Å²) in [5.41, 5.74) is -1.30. The highest BCUT2D eigenvalue weighted by Crippen LogP contribution is 2.21. The Hall–Kier alpha value is -3.54. The van der Waals surface area contributed by atoms with Crippen LogP contribution in [0.3, 0.4) is 0 Å². The van der Waals surface area contributed by atoms with Crippen LogP contribution in [0.1, 0.15) is 62.3 Å². The molecule has 2 aromatic rings. The molecule has 224 valence electrons. The molecule has 0 spiro atoms. The quantitative estimate of drug-likeness (QED) is 0.289. The number of rotatable bonds is 10. The first-order valence-electron chi connectivity index (χ1n) is 13.2. The molecule has 1 atom stereocenters. The van der Waals surface area contributed by atoms with Gasteiger partial charge in [-0.05, 0) is 80.5 Å². The lowest BCUT2D eigenvalue weighted by Gasteiger charge is -2.23. The van der Waals surface area contributed by atoms with Gasteiger partial charge >= 0.3 is 18.2 Å². The Bertz CT molecular complexity index is 1130. The van der Waals surface area contributed by atoms with Gasteiger partial charge in [0, 0.05) is 37.1 Å². The number of nitrogens with one attached hydrogen (secondary N) is 2. The molecule has 1 heterocycles. The van der Waals surface area contributed by atoms with Gasteiger partial charge in [0.05, 0.1) is 5.52 Å². The zero-order valence-electron chi connectivity index (χ0n) is 25.0. The van der Waals surface area contributed by atoms with Gasteiger partial charge in [-0.1, -0.05) is 0 Å².